The standard InChI is InChI=1S/C24H28N2O3/c1-22(2,3)15-8-10-16(11-9-15)24(6,7)21-25-18-14-17(12-13-19(18)29-21)23(4,5)20(27)26-28/h8-14H,1-7H3. The lowest BCUT2D eigenvalue weighted by Gasteiger charge is -2.24. The van der Waals surface area contributed by atoms with Crippen molar-refractivity contribution in [3.05, 3.63) is 70.0 Å². The van der Waals surface area contributed by atoms with Gasteiger partial charge < -0.3 is 4.42 Å². The molecule has 0 saturated heterocycles. The number of carbonyl (C=O) groups is 1. The van der Waals surface area contributed by atoms with Gasteiger partial charge >= 0.3 is 0 Å². The molecule has 0 atom stereocenters. The number of rotatable bonds is 4. The number of aromatic nitrogens is 1. The molecule has 0 radical (unpaired) electrons. The molecule has 152 valence electrons. The first-order chi connectivity index (χ1) is 13.4. The molecular weight excluding hydrogens is 364 g/mol. The summed E-state index contributed by atoms with van der Waals surface area (Å²) in [6.45, 7) is 14.1. The van der Waals surface area contributed by atoms with E-state index in [0.717, 1.165) is 5.56 Å². The lowest BCUT2D eigenvalue weighted by Crippen LogP contribution is -2.26. The van der Waals surface area contributed by atoms with Crippen LogP contribution in [0.25, 0.3) is 11.1 Å². The summed E-state index contributed by atoms with van der Waals surface area (Å²) in [6.07, 6.45) is 0. The molecule has 5 heteroatoms. The van der Waals surface area contributed by atoms with Gasteiger partial charge in [0.1, 0.15) is 5.52 Å². The van der Waals surface area contributed by atoms with E-state index in [0.29, 0.717) is 22.6 Å². The summed E-state index contributed by atoms with van der Waals surface area (Å²) in [5, 5.41) is 2.59. The summed E-state index contributed by atoms with van der Waals surface area (Å²) < 4.78 is 6.06. The molecule has 3 aromatic rings. The molecule has 0 spiro atoms. The van der Waals surface area contributed by atoms with Crippen LogP contribution in [-0.2, 0) is 21.0 Å². The average Bonchev–Trinajstić information content (AvgIpc) is 3.11. The number of nitrogens with zero attached hydrogens (tertiary/aromatic N) is 2. The Morgan fingerprint density at radius 3 is 1.97 bits per heavy atom. The van der Waals surface area contributed by atoms with Gasteiger partial charge in [-0.2, -0.15) is 0 Å². The summed E-state index contributed by atoms with van der Waals surface area (Å²) >= 11 is 0. The van der Waals surface area contributed by atoms with Crippen molar-refractivity contribution in [2.75, 3.05) is 0 Å². The SMILES string of the molecule is CC(C)(C)c1ccc(C(C)(C)c2nc3cc(C(C)(C)C(=O)N=O)ccc3o2)cc1. The molecule has 1 heterocycles. The molecule has 1 aromatic heterocycles. The largest absolute Gasteiger partial charge is 0.440 e. The van der Waals surface area contributed by atoms with Crippen LogP contribution in [0.1, 0.15) is 71.0 Å². The van der Waals surface area contributed by atoms with Crippen LogP contribution in [0.15, 0.2) is 52.1 Å². The number of oxazole rings is 1. The first-order valence-electron chi connectivity index (χ1n) is 9.78. The summed E-state index contributed by atoms with van der Waals surface area (Å²) in [5.41, 5.74) is 3.03. The van der Waals surface area contributed by atoms with Crippen molar-refractivity contribution < 1.29 is 9.21 Å². The van der Waals surface area contributed by atoms with E-state index in [4.69, 9.17) is 9.40 Å². The minimum absolute atomic E-state index is 0.0945. The van der Waals surface area contributed by atoms with Crippen molar-refractivity contribution in [3.63, 3.8) is 0 Å². The Bertz CT molecular complexity index is 1070. The van der Waals surface area contributed by atoms with E-state index in [1.54, 1.807) is 32.0 Å². The summed E-state index contributed by atoms with van der Waals surface area (Å²) in [5.74, 6) is -0.106. The third-order valence-electron chi connectivity index (χ3n) is 5.73. The highest BCUT2D eigenvalue weighted by atomic mass is 16.3. The third-order valence-corrected chi connectivity index (χ3v) is 5.73. The fourth-order valence-electron chi connectivity index (χ4n) is 3.33. The van der Waals surface area contributed by atoms with Gasteiger partial charge in [0.25, 0.3) is 5.91 Å². The maximum absolute atomic E-state index is 11.9. The second-order valence-corrected chi connectivity index (χ2v) is 9.68. The van der Waals surface area contributed by atoms with E-state index in [-0.39, 0.29) is 5.41 Å². The van der Waals surface area contributed by atoms with Crippen molar-refractivity contribution in [1.82, 2.24) is 4.98 Å². The molecule has 0 saturated carbocycles. The molecule has 2 aromatic carbocycles. The molecule has 0 aliphatic rings. The molecule has 5 nitrogen and oxygen atoms in total. The normalized spacial score (nSPS) is 12.9. The van der Waals surface area contributed by atoms with Gasteiger partial charge in [-0.25, -0.2) is 4.98 Å². The van der Waals surface area contributed by atoms with Gasteiger partial charge in [0.15, 0.2) is 5.58 Å². The van der Waals surface area contributed by atoms with Crippen molar-refractivity contribution in [3.8, 4) is 0 Å². The van der Waals surface area contributed by atoms with Gasteiger partial charge in [-0.3, -0.25) is 4.79 Å². The molecular formula is C24H28N2O3. The number of amides is 1. The molecule has 3 rings (SSSR count). The average molecular weight is 392 g/mol. The highest BCUT2D eigenvalue weighted by Crippen LogP contribution is 2.35. The van der Waals surface area contributed by atoms with E-state index >= 15 is 0 Å². The second-order valence-electron chi connectivity index (χ2n) is 9.68. The number of benzene rings is 2. The minimum Gasteiger partial charge on any atom is -0.440 e. The van der Waals surface area contributed by atoms with E-state index in [9.17, 15) is 9.70 Å². The highest BCUT2D eigenvalue weighted by Gasteiger charge is 2.33. The zero-order chi connectivity index (χ0) is 21.6. The maximum atomic E-state index is 11.9. The van der Waals surface area contributed by atoms with Gasteiger partial charge in [0.2, 0.25) is 5.89 Å². The number of fused-ring (bicyclic) bond motifs is 1. The van der Waals surface area contributed by atoms with Crippen LogP contribution in [0.2, 0.25) is 0 Å². The van der Waals surface area contributed by atoms with Crippen molar-refractivity contribution >= 4 is 17.0 Å². The molecule has 0 aliphatic carbocycles. The number of carbonyl (C=O) groups excluding carboxylic acids is 1. The van der Waals surface area contributed by atoms with E-state index in [2.05, 4.69) is 64.1 Å². The predicted octanol–water partition coefficient (Wildman–Crippen LogP) is 6.02. The molecule has 29 heavy (non-hydrogen) atoms. The molecule has 0 unspecified atom stereocenters. The molecule has 0 aliphatic heterocycles. The van der Waals surface area contributed by atoms with Crippen molar-refractivity contribution in [2.45, 2.75) is 64.7 Å². The highest BCUT2D eigenvalue weighted by molar-refractivity contribution is 5.89. The van der Waals surface area contributed by atoms with Crippen molar-refractivity contribution in [1.29, 1.82) is 0 Å². The van der Waals surface area contributed by atoms with Crippen LogP contribution in [0, 0.1) is 4.91 Å². The quantitative estimate of drug-likeness (QED) is 0.509. The first kappa shape index (κ1) is 20.9. The topological polar surface area (TPSA) is 72.5 Å². The van der Waals surface area contributed by atoms with Gasteiger partial charge in [0, 0.05) is 5.18 Å². The number of hydrogen-bond acceptors (Lipinski definition) is 4. The van der Waals surface area contributed by atoms with E-state index in [1.807, 2.05) is 0 Å². The van der Waals surface area contributed by atoms with Gasteiger partial charge in [-0.05, 0) is 61.9 Å². The zero-order valence-corrected chi connectivity index (χ0v) is 18.2. The Balaban J connectivity index is 2.01. The molecule has 0 fully saturated rings. The Kier molecular flexibility index (Phi) is 4.98. The Hall–Kier alpha value is -2.82. The predicted molar refractivity (Wildman–Crippen MR) is 115 cm³/mol. The maximum Gasteiger partial charge on any atom is 0.296 e. The van der Waals surface area contributed by atoms with Crippen LogP contribution in [0.4, 0.5) is 0 Å². The Labute approximate surface area is 171 Å². The Morgan fingerprint density at radius 1 is 0.862 bits per heavy atom. The fourth-order valence-corrected chi connectivity index (χ4v) is 3.33. The van der Waals surface area contributed by atoms with E-state index < -0.39 is 16.7 Å². The van der Waals surface area contributed by atoms with E-state index in [1.165, 1.54) is 5.56 Å². The summed E-state index contributed by atoms with van der Waals surface area (Å²) in [4.78, 5) is 27.3. The first-order valence-corrected chi connectivity index (χ1v) is 9.78. The monoisotopic (exact) mass is 392 g/mol. The smallest absolute Gasteiger partial charge is 0.296 e. The lowest BCUT2D eigenvalue weighted by molar-refractivity contribution is -0.122. The fraction of sp³-hybridized carbons (Fsp3) is 0.417. The van der Waals surface area contributed by atoms with Gasteiger partial charge in [-0.1, -0.05) is 51.1 Å². The van der Waals surface area contributed by atoms with Crippen LogP contribution < -0.4 is 0 Å². The van der Waals surface area contributed by atoms with Crippen LogP contribution in [-0.4, -0.2) is 10.9 Å². The number of hydrogen-bond donors (Lipinski definition) is 0. The summed E-state index contributed by atoms with van der Waals surface area (Å²) in [7, 11) is 0. The van der Waals surface area contributed by atoms with Crippen LogP contribution in [0.3, 0.4) is 0 Å². The van der Waals surface area contributed by atoms with Crippen LogP contribution >= 0.6 is 0 Å². The van der Waals surface area contributed by atoms with Gasteiger partial charge in [0.05, 0.1) is 10.8 Å². The molecule has 1 amide bonds. The number of nitroso groups, excluding NO2 is 1. The zero-order valence-electron chi connectivity index (χ0n) is 18.2. The molecule has 0 N–H and O–H groups in total. The Morgan fingerprint density at radius 2 is 1.41 bits per heavy atom. The summed E-state index contributed by atoms with van der Waals surface area (Å²) in [6, 6.07) is 13.9. The molecule has 0 bridgehead atoms. The van der Waals surface area contributed by atoms with Gasteiger partial charge in [-0.15, -0.1) is 4.91 Å². The third kappa shape index (κ3) is 3.74. The minimum atomic E-state index is -1.01. The van der Waals surface area contributed by atoms with Crippen LogP contribution in [0.5, 0.6) is 0 Å². The van der Waals surface area contributed by atoms with Crippen molar-refractivity contribution in [2.24, 2.45) is 5.18 Å². The lowest BCUT2D eigenvalue weighted by atomic mass is 9.81. The second kappa shape index (κ2) is 6.90.